The predicted octanol–water partition coefficient (Wildman–Crippen LogP) is 2.27. The van der Waals surface area contributed by atoms with E-state index in [2.05, 4.69) is 4.90 Å². The van der Waals surface area contributed by atoms with Crippen molar-refractivity contribution in [3.8, 4) is 11.5 Å². The number of carbonyl (C=O) groups is 1. The first kappa shape index (κ1) is 23.1. The highest BCUT2D eigenvalue weighted by atomic mass is 32.2. The molecule has 0 N–H and O–H groups in total. The number of sulfonamides is 1. The Labute approximate surface area is 201 Å². The van der Waals surface area contributed by atoms with Gasteiger partial charge in [-0.15, -0.1) is 0 Å². The lowest BCUT2D eigenvalue weighted by atomic mass is 10.0. The molecule has 9 heteroatoms. The Bertz CT molecular complexity index is 1120. The van der Waals surface area contributed by atoms with Gasteiger partial charge in [0.25, 0.3) is 0 Å². The Morgan fingerprint density at radius 3 is 2.41 bits per heavy atom. The predicted molar refractivity (Wildman–Crippen MR) is 128 cm³/mol. The molecule has 1 atom stereocenters. The number of fused-ring (bicyclic) bond motifs is 1. The lowest BCUT2D eigenvalue weighted by Gasteiger charge is -2.35. The summed E-state index contributed by atoms with van der Waals surface area (Å²) in [5, 5.41) is 0. The third-order valence-electron chi connectivity index (χ3n) is 6.80. The fraction of sp³-hybridized carbons (Fsp3) is 0.480. The smallest absolute Gasteiger partial charge is 0.237 e. The van der Waals surface area contributed by atoms with Gasteiger partial charge in [-0.25, -0.2) is 8.42 Å². The second-order valence-corrected chi connectivity index (χ2v) is 11.0. The van der Waals surface area contributed by atoms with Crippen molar-refractivity contribution in [1.82, 2.24) is 14.1 Å². The van der Waals surface area contributed by atoms with Crippen molar-refractivity contribution in [3.05, 3.63) is 59.7 Å². The maximum Gasteiger partial charge on any atom is 0.237 e. The minimum absolute atomic E-state index is 0.0117. The molecule has 0 saturated carbocycles. The molecule has 8 nitrogen and oxygen atoms in total. The zero-order chi connectivity index (χ0) is 23.5. The van der Waals surface area contributed by atoms with Crippen LogP contribution < -0.4 is 9.47 Å². The molecule has 2 aromatic rings. The lowest BCUT2D eigenvalue weighted by molar-refractivity contribution is -0.133. The van der Waals surface area contributed by atoms with E-state index in [9.17, 15) is 13.2 Å². The molecule has 2 aromatic carbocycles. The summed E-state index contributed by atoms with van der Waals surface area (Å²) in [6, 6.07) is 15.2. The highest BCUT2D eigenvalue weighted by molar-refractivity contribution is 7.88. The van der Waals surface area contributed by atoms with Gasteiger partial charge in [-0.05, 0) is 36.1 Å². The van der Waals surface area contributed by atoms with Gasteiger partial charge in [0, 0.05) is 32.7 Å². The molecule has 0 aliphatic carbocycles. The lowest BCUT2D eigenvalue weighted by Crippen LogP contribution is -2.51. The molecule has 2 saturated heterocycles. The standard InChI is InChI=1S/C25H31N3O5S/c29-25(28-10-4-7-22(28)21-8-9-23-24(17-21)33-16-15-32-23)18-26-11-13-27(14-12-26)34(30,31)19-20-5-2-1-3-6-20/h1-3,5-6,8-9,17,22H,4,7,10-16,18-19H2/t22-/m1/s1. The van der Waals surface area contributed by atoms with Gasteiger partial charge in [-0.2, -0.15) is 4.31 Å². The number of hydrogen-bond donors (Lipinski definition) is 0. The Kier molecular flexibility index (Phi) is 6.76. The average molecular weight is 486 g/mol. The van der Waals surface area contributed by atoms with Crippen LogP contribution in [0.3, 0.4) is 0 Å². The van der Waals surface area contributed by atoms with Crippen LogP contribution in [0, 0.1) is 0 Å². The number of carbonyl (C=O) groups excluding carboxylic acids is 1. The fourth-order valence-electron chi connectivity index (χ4n) is 5.00. The van der Waals surface area contributed by atoms with Crippen molar-refractivity contribution in [1.29, 1.82) is 0 Å². The molecule has 3 aliphatic rings. The van der Waals surface area contributed by atoms with E-state index in [-0.39, 0.29) is 17.7 Å². The van der Waals surface area contributed by atoms with Gasteiger partial charge in [0.2, 0.25) is 15.9 Å². The van der Waals surface area contributed by atoms with E-state index in [0.717, 1.165) is 42.0 Å². The van der Waals surface area contributed by atoms with Crippen LogP contribution in [0.25, 0.3) is 0 Å². The molecule has 2 fully saturated rings. The maximum absolute atomic E-state index is 13.2. The topological polar surface area (TPSA) is 79.4 Å². The third kappa shape index (κ3) is 5.06. The Hall–Kier alpha value is -2.62. The summed E-state index contributed by atoms with van der Waals surface area (Å²) in [5.74, 6) is 1.61. The molecule has 34 heavy (non-hydrogen) atoms. The Balaban J connectivity index is 1.17. The maximum atomic E-state index is 13.2. The van der Waals surface area contributed by atoms with Crippen LogP contribution in [-0.2, 0) is 20.6 Å². The van der Waals surface area contributed by atoms with Crippen LogP contribution >= 0.6 is 0 Å². The van der Waals surface area contributed by atoms with Crippen molar-refractivity contribution in [2.45, 2.75) is 24.6 Å². The number of rotatable bonds is 6. The molecule has 0 unspecified atom stereocenters. The summed E-state index contributed by atoms with van der Waals surface area (Å²) in [7, 11) is -3.37. The summed E-state index contributed by atoms with van der Waals surface area (Å²) in [6.07, 6.45) is 1.90. The first-order valence-electron chi connectivity index (χ1n) is 11.9. The molecular weight excluding hydrogens is 454 g/mol. The second kappa shape index (κ2) is 9.93. The Morgan fingerprint density at radius 2 is 1.65 bits per heavy atom. The zero-order valence-corrected chi connectivity index (χ0v) is 20.1. The van der Waals surface area contributed by atoms with E-state index in [1.54, 1.807) is 4.31 Å². The number of piperazine rings is 1. The average Bonchev–Trinajstić information content (AvgIpc) is 3.35. The van der Waals surface area contributed by atoms with Crippen molar-refractivity contribution < 1.29 is 22.7 Å². The van der Waals surface area contributed by atoms with E-state index >= 15 is 0 Å². The van der Waals surface area contributed by atoms with Crippen molar-refractivity contribution in [3.63, 3.8) is 0 Å². The minimum atomic E-state index is -3.37. The highest BCUT2D eigenvalue weighted by Gasteiger charge is 2.33. The van der Waals surface area contributed by atoms with E-state index in [1.807, 2.05) is 53.4 Å². The van der Waals surface area contributed by atoms with Gasteiger partial charge >= 0.3 is 0 Å². The van der Waals surface area contributed by atoms with Crippen LogP contribution in [0.5, 0.6) is 11.5 Å². The molecule has 0 aromatic heterocycles. The summed E-state index contributed by atoms with van der Waals surface area (Å²) >= 11 is 0. The van der Waals surface area contributed by atoms with Gasteiger partial charge in [0.15, 0.2) is 11.5 Å². The van der Waals surface area contributed by atoms with Crippen LogP contribution in [0.15, 0.2) is 48.5 Å². The number of hydrogen-bond acceptors (Lipinski definition) is 6. The van der Waals surface area contributed by atoms with E-state index in [4.69, 9.17) is 9.47 Å². The second-order valence-electron chi connectivity index (χ2n) is 9.07. The van der Waals surface area contributed by atoms with Crippen molar-refractivity contribution in [2.24, 2.45) is 0 Å². The minimum Gasteiger partial charge on any atom is -0.486 e. The van der Waals surface area contributed by atoms with Crippen molar-refractivity contribution >= 4 is 15.9 Å². The quantitative estimate of drug-likeness (QED) is 0.625. The molecule has 0 radical (unpaired) electrons. The number of likely N-dealkylation sites (tertiary alicyclic amines) is 1. The first-order valence-corrected chi connectivity index (χ1v) is 13.5. The van der Waals surface area contributed by atoms with Crippen molar-refractivity contribution in [2.75, 3.05) is 52.5 Å². The molecule has 0 spiro atoms. The summed E-state index contributed by atoms with van der Waals surface area (Å²) in [5.41, 5.74) is 1.87. The third-order valence-corrected chi connectivity index (χ3v) is 8.65. The van der Waals surface area contributed by atoms with Crippen LogP contribution in [-0.4, -0.2) is 80.9 Å². The number of ether oxygens (including phenoxy) is 2. The van der Waals surface area contributed by atoms with Crippen LogP contribution in [0.4, 0.5) is 0 Å². The zero-order valence-electron chi connectivity index (χ0n) is 19.3. The summed E-state index contributed by atoms with van der Waals surface area (Å²) < 4.78 is 38.5. The fourth-order valence-corrected chi connectivity index (χ4v) is 6.52. The van der Waals surface area contributed by atoms with Gasteiger partial charge in [-0.3, -0.25) is 9.69 Å². The molecule has 5 rings (SSSR count). The molecule has 182 valence electrons. The van der Waals surface area contributed by atoms with Crippen LogP contribution in [0.1, 0.15) is 30.0 Å². The number of nitrogens with zero attached hydrogens (tertiary/aromatic N) is 3. The van der Waals surface area contributed by atoms with Crippen LogP contribution in [0.2, 0.25) is 0 Å². The summed E-state index contributed by atoms with van der Waals surface area (Å²) in [6.45, 7) is 4.08. The van der Waals surface area contributed by atoms with Gasteiger partial charge in [-0.1, -0.05) is 36.4 Å². The number of benzene rings is 2. The SMILES string of the molecule is O=C(CN1CCN(S(=O)(=O)Cc2ccccc2)CC1)N1CCC[C@@H]1c1ccc2c(c1)OCCO2. The van der Waals surface area contributed by atoms with E-state index < -0.39 is 10.0 Å². The van der Waals surface area contributed by atoms with Gasteiger partial charge in [0.05, 0.1) is 18.3 Å². The molecule has 1 amide bonds. The molecule has 3 heterocycles. The monoisotopic (exact) mass is 485 g/mol. The summed E-state index contributed by atoms with van der Waals surface area (Å²) in [4.78, 5) is 17.2. The molecule has 0 bridgehead atoms. The normalized spacial score (nSPS) is 21.5. The molecule has 3 aliphatic heterocycles. The number of amides is 1. The first-order chi connectivity index (χ1) is 16.5. The molecular formula is C25H31N3O5S. The Morgan fingerprint density at radius 1 is 0.912 bits per heavy atom. The largest absolute Gasteiger partial charge is 0.486 e. The van der Waals surface area contributed by atoms with Gasteiger partial charge < -0.3 is 14.4 Å². The highest BCUT2D eigenvalue weighted by Crippen LogP contribution is 2.38. The van der Waals surface area contributed by atoms with E-state index in [1.165, 1.54) is 0 Å². The van der Waals surface area contributed by atoms with E-state index in [0.29, 0.717) is 45.9 Å². The van der Waals surface area contributed by atoms with Gasteiger partial charge in [0.1, 0.15) is 13.2 Å².